The van der Waals surface area contributed by atoms with Gasteiger partial charge in [0.1, 0.15) is 17.8 Å². The molecule has 1 fully saturated rings. The number of hydrogen-bond acceptors (Lipinski definition) is 4. The summed E-state index contributed by atoms with van der Waals surface area (Å²) in [6.45, 7) is 3.41. The number of ether oxygens (including phenoxy) is 1. The van der Waals surface area contributed by atoms with Gasteiger partial charge in [0, 0.05) is 5.69 Å². The molecule has 1 aliphatic heterocycles. The molecule has 2 aromatic rings. The predicted octanol–water partition coefficient (Wildman–Crippen LogP) is 2.80. The van der Waals surface area contributed by atoms with E-state index in [4.69, 9.17) is 4.74 Å². The molecule has 1 saturated heterocycles. The first-order valence-corrected chi connectivity index (χ1v) is 9.05. The lowest BCUT2D eigenvalue weighted by Crippen LogP contribution is -2.44. The highest BCUT2D eigenvalue weighted by atomic mass is 16.5. The van der Waals surface area contributed by atoms with Gasteiger partial charge in [-0.15, -0.1) is 0 Å². The number of rotatable bonds is 6. The fourth-order valence-corrected chi connectivity index (χ4v) is 3.27. The van der Waals surface area contributed by atoms with Crippen molar-refractivity contribution < 1.29 is 19.1 Å². The van der Waals surface area contributed by atoms with Crippen LogP contribution in [0.3, 0.4) is 0 Å². The minimum absolute atomic E-state index is 0.351. The van der Waals surface area contributed by atoms with Crippen molar-refractivity contribution in [1.29, 1.82) is 0 Å². The molecule has 3 rings (SSSR count). The van der Waals surface area contributed by atoms with Crippen molar-refractivity contribution in [3.05, 3.63) is 59.7 Å². The normalized spacial score (nSPS) is 18.8. The minimum Gasteiger partial charge on any atom is -0.497 e. The van der Waals surface area contributed by atoms with Gasteiger partial charge in [-0.05, 0) is 43.2 Å². The Morgan fingerprint density at radius 3 is 2.32 bits per heavy atom. The van der Waals surface area contributed by atoms with Crippen LogP contribution in [0, 0.1) is 6.92 Å². The van der Waals surface area contributed by atoms with Crippen molar-refractivity contribution in [3.63, 3.8) is 0 Å². The number of benzene rings is 2. The van der Waals surface area contributed by atoms with Gasteiger partial charge in [0.15, 0.2) is 0 Å². The summed E-state index contributed by atoms with van der Waals surface area (Å²) in [5.41, 5.74) is 1.14. The van der Waals surface area contributed by atoms with E-state index in [0.717, 1.165) is 10.5 Å². The van der Waals surface area contributed by atoms with E-state index in [9.17, 15) is 14.4 Å². The summed E-state index contributed by atoms with van der Waals surface area (Å²) >= 11 is 0. The maximum atomic E-state index is 13.1. The lowest BCUT2D eigenvalue weighted by Gasteiger charge is -2.26. The number of aryl methyl sites for hydroxylation is 1. The van der Waals surface area contributed by atoms with Crippen LogP contribution >= 0.6 is 0 Å². The van der Waals surface area contributed by atoms with Gasteiger partial charge in [0.25, 0.3) is 5.91 Å². The summed E-state index contributed by atoms with van der Waals surface area (Å²) in [6, 6.07) is 13.7. The molecular weight excluding hydrogens is 358 g/mol. The fraction of sp³-hybridized carbons (Fsp3) is 0.286. The van der Waals surface area contributed by atoms with Crippen LogP contribution in [0.5, 0.6) is 5.75 Å². The van der Waals surface area contributed by atoms with Crippen molar-refractivity contribution in [1.82, 2.24) is 10.2 Å². The van der Waals surface area contributed by atoms with E-state index in [0.29, 0.717) is 23.4 Å². The van der Waals surface area contributed by atoms with Crippen molar-refractivity contribution in [2.75, 3.05) is 19.0 Å². The quantitative estimate of drug-likeness (QED) is 0.753. The number of hydrogen-bond donors (Lipinski definition) is 2. The number of urea groups is 1. The molecule has 28 heavy (non-hydrogen) atoms. The van der Waals surface area contributed by atoms with E-state index in [1.807, 2.05) is 26.0 Å². The number of methoxy groups -OCH3 is 1. The summed E-state index contributed by atoms with van der Waals surface area (Å²) in [6.07, 6.45) is 0.361. The van der Waals surface area contributed by atoms with Gasteiger partial charge in [-0.1, -0.05) is 36.8 Å². The molecule has 1 heterocycles. The van der Waals surface area contributed by atoms with Crippen LogP contribution in [0.2, 0.25) is 0 Å². The maximum absolute atomic E-state index is 13.1. The Labute approximate surface area is 163 Å². The molecular formula is C21H23N3O4. The standard InChI is InChI=1S/C21H23N3O4/c1-4-21(15-7-11-17(28-3)12-8-15)19(26)24(20(27)23-21)13-18(25)22-16-9-5-14(2)6-10-16/h5-12H,4,13H2,1-3H3,(H,22,25)(H,23,27)/t21-/m1/s1. The zero-order chi connectivity index (χ0) is 20.3. The van der Waals surface area contributed by atoms with Crippen LogP contribution in [-0.4, -0.2) is 36.4 Å². The smallest absolute Gasteiger partial charge is 0.325 e. The molecule has 0 aliphatic carbocycles. The Kier molecular flexibility index (Phi) is 5.35. The Balaban J connectivity index is 1.77. The number of carbonyl (C=O) groups excluding carboxylic acids is 3. The largest absolute Gasteiger partial charge is 0.497 e. The van der Waals surface area contributed by atoms with Crippen LogP contribution in [0.15, 0.2) is 48.5 Å². The van der Waals surface area contributed by atoms with E-state index < -0.39 is 23.4 Å². The van der Waals surface area contributed by atoms with Gasteiger partial charge >= 0.3 is 6.03 Å². The number of carbonyl (C=O) groups is 3. The molecule has 0 bridgehead atoms. The molecule has 1 aliphatic rings. The number of anilines is 1. The van der Waals surface area contributed by atoms with Crippen LogP contribution < -0.4 is 15.4 Å². The molecule has 2 aromatic carbocycles. The third kappa shape index (κ3) is 3.55. The lowest BCUT2D eigenvalue weighted by molar-refractivity contribution is -0.134. The fourth-order valence-electron chi connectivity index (χ4n) is 3.27. The molecule has 0 saturated carbocycles. The van der Waals surface area contributed by atoms with Gasteiger partial charge in [-0.25, -0.2) is 4.79 Å². The third-order valence-corrected chi connectivity index (χ3v) is 4.93. The zero-order valence-corrected chi connectivity index (χ0v) is 16.1. The Hall–Kier alpha value is -3.35. The van der Waals surface area contributed by atoms with Gasteiger partial charge in [0.05, 0.1) is 7.11 Å². The topological polar surface area (TPSA) is 87.7 Å². The van der Waals surface area contributed by atoms with Gasteiger partial charge < -0.3 is 15.4 Å². The van der Waals surface area contributed by atoms with Gasteiger partial charge in [0.2, 0.25) is 5.91 Å². The number of amides is 4. The first-order chi connectivity index (χ1) is 13.4. The molecule has 4 amide bonds. The molecule has 146 valence electrons. The summed E-state index contributed by atoms with van der Waals surface area (Å²) in [4.78, 5) is 38.9. The van der Waals surface area contributed by atoms with E-state index in [-0.39, 0.29) is 6.54 Å². The third-order valence-electron chi connectivity index (χ3n) is 4.93. The van der Waals surface area contributed by atoms with Gasteiger partial charge in [-0.2, -0.15) is 0 Å². The molecule has 0 spiro atoms. The van der Waals surface area contributed by atoms with Crippen molar-refractivity contribution in [3.8, 4) is 5.75 Å². The summed E-state index contributed by atoms with van der Waals surface area (Å²) in [7, 11) is 1.56. The molecule has 2 N–H and O–H groups in total. The molecule has 7 heteroatoms. The highest BCUT2D eigenvalue weighted by Crippen LogP contribution is 2.33. The molecule has 7 nitrogen and oxygen atoms in total. The van der Waals surface area contributed by atoms with Crippen molar-refractivity contribution >= 4 is 23.5 Å². The highest BCUT2D eigenvalue weighted by Gasteiger charge is 2.51. The van der Waals surface area contributed by atoms with E-state index in [1.165, 1.54) is 0 Å². The number of imide groups is 1. The summed E-state index contributed by atoms with van der Waals surface area (Å²) in [5.74, 6) is -0.223. The number of nitrogens with zero attached hydrogens (tertiary/aromatic N) is 1. The van der Waals surface area contributed by atoms with Crippen molar-refractivity contribution in [2.45, 2.75) is 25.8 Å². The van der Waals surface area contributed by atoms with Crippen LogP contribution in [0.1, 0.15) is 24.5 Å². The van der Waals surface area contributed by atoms with E-state index in [2.05, 4.69) is 10.6 Å². The molecule has 1 atom stereocenters. The molecule has 0 aromatic heterocycles. The average molecular weight is 381 g/mol. The Morgan fingerprint density at radius 1 is 1.11 bits per heavy atom. The van der Waals surface area contributed by atoms with Crippen molar-refractivity contribution in [2.24, 2.45) is 0 Å². The Morgan fingerprint density at radius 2 is 1.75 bits per heavy atom. The first-order valence-electron chi connectivity index (χ1n) is 9.05. The minimum atomic E-state index is -1.19. The average Bonchev–Trinajstić information content (AvgIpc) is 2.95. The number of nitrogens with one attached hydrogen (secondary N) is 2. The molecule has 0 radical (unpaired) electrons. The maximum Gasteiger partial charge on any atom is 0.325 e. The van der Waals surface area contributed by atoms with Crippen LogP contribution in [0.25, 0.3) is 0 Å². The summed E-state index contributed by atoms with van der Waals surface area (Å²) in [5, 5.41) is 5.47. The lowest BCUT2D eigenvalue weighted by atomic mass is 9.87. The SMILES string of the molecule is CC[C@]1(c2ccc(OC)cc2)NC(=O)N(CC(=O)Nc2ccc(C)cc2)C1=O. The van der Waals surface area contributed by atoms with E-state index in [1.54, 1.807) is 43.5 Å². The second-order valence-electron chi connectivity index (χ2n) is 6.72. The first kappa shape index (κ1) is 19.4. The predicted molar refractivity (Wildman–Crippen MR) is 105 cm³/mol. The summed E-state index contributed by atoms with van der Waals surface area (Å²) < 4.78 is 5.15. The Bertz CT molecular complexity index is 893. The monoisotopic (exact) mass is 381 g/mol. The molecule has 0 unspecified atom stereocenters. The van der Waals surface area contributed by atoms with E-state index >= 15 is 0 Å². The second-order valence-corrected chi connectivity index (χ2v) is 6.72. The van der Waals surface area contributed by atoms with Gasteiger partial charge in [-0.3, -0.25) is 14.5 Å². The highest BCUT2D eigenvalue weighted by molar-refractivity contribution is 6.10. The van der Waals surface area contributed by atoms with Crippen LogP contribution in [0.4, 0.5) is 10.5 Å². The second kappa shape index (κ2) is 7.72. The zero-order valence-electron chi connectivity index (χ0n) is 16.1. The van der Waals surface area contributed by atoms with Crippen LogP contribution in [-0.2, 0) is 15.1 Å².